The van der Waals surface area contributed by atoms with Crippen LogP contribution in [-0.2, 0) is 14.3 Å². The van der Waals surface area contributed by atoms with Crippen LogP contribution in [-0.4, -0.2) is 23.9 Å². The number of halogens is 2. The Kier molecular flexibility index (Phi) is 4.89. The van der Waals surface area contributed by atoms with Crippen LogP contribution in [0.5, 0.6) is 0 Å². The van der Waals surface area contributed by atoms with Crippen molar-refractivity contribution in [3.05, 3.63) is 60.7 Å². The highest BCUT2D eigenvalue weighted by atomic mass is 19.3. The number of carbonyl (C=O) groups excluding carboxylic acids is 2. The van der Waals surface area contributed by atoms with Crippen molar-refractivity contribution in [3.63, 3.8) is 0 Å². The van der Waals surface area contributed by atoms with Crippen molar-refractivity contribution in [2.45, 2.75) is 32.3 Å². The summed E-state index contributed by atoms with van der Waals surface area (Å²) < 4.78 is 35.0. The van der Waals surface area contributed by atoms with Gasteiger partial charge in [0, 0.05) is 29.6 Å². The lowest BCUT2D eigenvalue weighted by Crippen LogP contribution is -2.53. The molecule has 2 aromatic rings. The van der Waals surface area contributed by atoms with E-state index in [0.29, 0.717) is 11.4 Å². The van der Waals surface area contributed by atoms with Gasteiger partial charge in [-0.1, -0.05) is 43.3 Å². The van der Waals surface area contributed by atoms with Crippen molar-refractivity contribution in [1.82, 2.24) is 0 Å². The topological polar surface area (TPSA) is 46.6 Å². The molecule has 0 N–H and O–H groups in total. The number of carbonyl (C=O) groups is 2. The number of nitrogens with zero attached hydrogens (tertiary/aromatic N) is 1. The van der Waals surface area contributed by atoms with E-state index in [1.807, 2.05) is 12.1 Å². The summed E-state index contributed by atoms with van der Waals surface area (Å²) in [6.07, 6.45) is -1.14. The van der Waals surface area contributed by atoms with Gasteiger partial charge in [-0.3, -0.25) is 14.5 Å². The fraction of sp³-hybridized carbons (Fsp3) is 0.391. The van der Waals surface area contributed by atoms with Crippen molar-refractivity contribution in [1.29, 1.82) is 0 Å². The largest absolute Gasteiger partial charge is 0.462 e. The number of amides is 1. The van der Waals surface area contributed by atoms with Crippen LogP contribution in [0, 0.1) is 23.7 Å². The minimum Gasteiger partial charge on any atom is -0.462 e. The molecular weight excluding hydrogens is 376 g/mol. The molecule has 0 spiro atoms. The van der Waals surface area contributed by atoms with Crippen molar-refractivity contribution >= 4 is 23.3 Å². The van der Waals surface area contributed by atoms with Gasteiger partial charge in [-0.05, 0) is 31.2 Å². The number of esters is 1. The van der Waals surface area contributed by atoms with E-state index in [9.17, 15) is 18.4 Å². The summed E-state index contributed by atoms with van der Waals surface area (Å²) in [5.74, 6) is -7.96. The monoisotopic (exact) mass is 399 g/mol. The highest BCUT2D eigenvalue weighted by molar-refractivity contribution is 6.02. The van der Waals surface area contributed by atoms with Gasteiger partial charge in [0.25, 0.3) is 5.92 Å². The molecule has 1 amide bonds. The minimum atomic E-state index is -3.12. The van der Waals surface area contributed by atoms with Crippen LogP contribution in [0.15, 0.2) is 60.7 Å². The lowest BCUT2D eigenvalue weighted by Gasteiger charge is -2.43. The molecule has 1 saturated heterocycles. The predicted molar refractivity (Wildman–Crippen MR) is 105 cm³/mol. The first kappa shape index (κ1) is 19.6. The fourth-order valence-electron chi connectivity index (χ4n) is 4.76. The van der Waals surface area contributed by atoms with Crippen molar-refractivity contribution in [2.75, 3.05) is 4.90 Å². The van der Waals surface area contributed by atoms with Gasteiger partial charge < -0.3 is 4.74 Å². The zero-order valence-electron chi connectivity index (χ0n) is 16.3. The molecule has 1 aliphatic heterocycles. The normalized spacial score (nSPS) is 30.3. The van der Waals surface area contributed by atoms with Gasteiger partial charge in [0.05, 0.1) is 11.8 Å². The molecule has 1 heterocycles. The Hall–Kier alpha value is -2.76. The first-order valence-electron chi connectivity index (χ1n) is 9.83. The van der Waals surface area contributed by atoms with E-state index in [2.05, 4.69) is 0 Å². The predicted octanol–water partition coefficient (Wildman–Crippen LogP) is 4.82. The van der Waals surface area contributed by atoms with E-state index in [0.717, 1.165) is 0 Å². The molecule has 1 aliphatic carbocycles. The summed E-state index contributed by atoms with van der Waals surface area (Å²) in [6, 6.07) is 17.9. The standard InChI is InChI=1S/C23H23F2NO3/c1-14-19(20-15(2)29-22(28)18(20)13-23(14,24)25)21(27)26(16-9-5-3-6-10-16)17-11-7-4-8-12-17/h3-12,14-15,18-20H,13H2,1-2H3/t14-,15+,18-,19-,20+/m0/s1. The molecule has 4 nitrogen and oxygen atoms in total. The number of ether oxygens (including phenoxy) is 1. The van der Waals surface area contributed by atoms with Crippen LogP contribution >= 0.6 is 0 Å². The van der Waals surface area contributed by atoms with E-state index in [1.54, 1.807) is 55.5 Å². The van der Waals surface area contributed by atoms with Crippen LogP contribution < -0.4 is 4.90 Å². The third-order valence-corrected chi connectivity index (χ3v) is 6.26. The maximum Gasteiger partial charge on any atom is 0.309 e. The second kappa shape index (κ2) is 7.25. The summed E-state index contributed by atoms with van der Waals surface area (Å²) in [4.78, 5) is 27.5. The highest BCUT2D eigenvalue weighted by Gasteiger charge is 2.62. The number of cyclic esters (lactones) is 1. The molecule has 0 aromatic heterocycles. The van der Waals surface area contributed by atoms with E-state index >= 15 is 0 Å². The SMILES string of the molecule is C[C@H]1OC(=O)[C@H]2CC(F)(F)[C@@H](C)[C@H](C(=O)N(c3ccccc3)c3ccccc3)[C@@H]21. The van der Waals surface area contributed by atoms with Crippen molar-refractivity contribution < 1.29 is 23.1 Å². The molecule has 6 heteroatoms. The van der Waals surface area contributed by atoms with Gasteiger partial charge >= 0.3 is 5.97 Å². The minimum absolute atomic E-state index is 0.436. The van der Waals surface area contributed by atoms with Gasteiger partial charge in [0.15, 0.2) is 0 Å². The number of hydrogen-bond donors (Lipinski definition) is 0. The fourth-order valence-corrected chi connectivity index (χ4v) is 4.76. The van der Waals surface area contributed by atoms with Gasteiger partial charge in [-0.2, -0.15) is 0 Å². The average molecular weight is 399 g/mol. The lowest BCUT2D eigenvalue weighted by molar-refractivity contribution is -0.160. The van der Waals surface area contributed by atoms with Crippen LogP contribution in [0.4, 0.5) is 20.2 Å². The molecule has 0 unspecified atom stereocenters. The first-order valence-corrected chi connectivity index (χ1v) is 9.83. The molecule has 2 fully saturated rings. The summed E-state index contributed by atoms with van der Waals surface area (Å²) >= 11 is 0. The molecule has 2 aliphatic rings. The van der Waals surface area contributed by atoms with E-state index in [-0.39, 0.29) is 0 Å². The molecule has 29 heavy (non-hydrogen) atoms. The van der Waals surface area contributed by atoms with Gasteiger partial charge in [-0.15, -0.1) is 0 Å². The number of para-hydroxylation sites is 2. The van der Waals surface area contributed by atoms with E-state index in [1.165, 1.54) is 11.8 Å². The van der Waals surface area contributed by atoms with Crippen LogP contribution in [0.3, 0.4) is 0 Å². The molecule has 0 bridgehead atoms. The summed E-state index contributed by atoms with van der Waals surface area (Å²) in [5, 5.41) is 0. The van der Waals surface area contributed by atoms with Crippen LogP contribution in [0.25, 0.3) is 0 Å². The zero-order chi connectivity index (χ0) is 20.8. The third kappa shape index (κ3) is 3.30. The summed E-state index contributed by atoms with van der Waals surface area (Å²) in [6.45, 7) is 3.09. The van der Waals surface area contributed by atoms with Gasteiger partial charge in [0.2, 0.25) is 5.91 Å². The molecule has 152 valence electrons. The van der Waals surface area contributed by atoms with Crippen molar-refractivity contribution in [2.24, 2.45) is 23.7 Å². The molecule has 4 rings (SSSR count). The van der Waals surface area contributed by atoms with E-state index in [4.69, 9.17) is 4.74 Å². The quantitative estimate of drug-likeness (QED) is 0.695. The highest BCUT2D eigenvalue weighted by Crippen LogP contribution is 2.53. The number of rotatable bonds is 3. The molecular formula is C23H23F2NO3. The Morgan fingerprint density at radius 2 is 1.52 bits per heavy atom. The first-order chi connectivity index (χ1) is 13.8. The van der Waals surface area contributed by atoms with Gasteiger partial charge in [0.1, 0.15) is 6.10 Å². The second-order valence-electron chi connectivity index (χ2n) is 7.95. The summed E-state index contributed by atoms with van der Waals surface area (Å²) in [7, 11) is 0. The Labute approximate surface area is 168 Å². The van der Waals surface area contributed by atoms with E-state index < -0.39 is 54.0 Å². The van der Waals surface area contributed by atoms with Crippen molar-refractivity contribution in [3.8, 4) is 0 Å². The molecule has 2 aromatic carbocycles. The number of alkyl halides is 2. The molecule has 0 radical (unpaired) electrons. The Balaban J connectivity index is 1.81. The number of anilines is 2. The molecule has 5 atom stereocenters. The number of hydrogen-bond acceptors (Lipinski definition) is 3. The lowest BCUT2D eigenvalue weighted by atomic mass is 9.64. The van der Waals surface area contributed by atoms with Crippen LogP contribution in [0.1, 0.15) is 20.3 Å². The second-order valence-corrected chi connectivity index (χ2v) is 7.95. The van der Waals surface area contributed by atoms with Crippen LogP contribution in [0.2, 0.25) is 0 Å². The zero-order valence-corrected chi connectivity index (χ0v) is 16.3. The average Bonchev–Trinajstić information content (AvgIpc) is 2.97. The third-order valence-electron chi connectivity index (χ3n) is 6.26. The Morgan fingerprint density at radius 1 is 1.00 bits per heavy atom. The number of benzene rings is 2. The van der Waals surface area contributed by atoms with Gasteiger partial charge in [-0.25, -0.2) is 8.78 Å². The molecule has 1 saturated carbocycles. The smallest absolute Gasteiger partial charge is 0.309 e. The maximum absolute atomic E-state index is 14.8. The number of fused-ring (bicyclic) bond motifs is 1. The Bertz CT molecular complexity index is 863. The Morgan fingerprint density at radius 3 is 2.03 bits per heavy atom. The maximum atomic E-state index is 14.8. The summed E-state index contributed by atoms with van der Waals surface area (Å²) in [5.41, 5.74) is 1.19.